The minimum Gasteiger partial charge on any atom is -0.494 e. The molecule has 232 valence electrons. The third-order valence-corrected chi connectivity index (χ3v) is 7.92. The Morgan fingerprint density at radius 1 is 0.977 bits per heavy atom. The Balaban J connectivity index is 1.12. The molecule has 0 aliphatic carbocycles. The van der Waals surface area contributed by atoms with Crippen LogP contribution in [0.1, 0.15) is 35.4 Å². The molecule has 2 aliphatic rings. The number of hydrogen-bond donors (Lipinski definition) is 2. The topological polar surface area (TPSA) is 81.7 Å². The maximum absolute atomic E-state index is 13.7. The smallest absolute Gasteiger partial charge is 0.142 e. The Hall–Kier alpha value is -3.21. The number of benzene rings is 3. The molecular weight excluding hydrogens is 551 g/mol. The lowest BCUT2D eigenvalue weighted by Crippen LogP contribution is -2.49. The first kappa shape index (κ1) is 31.2. The third-order valence-electron chi connectivity index (χ3n) is 7.92. The van der Waals surface area contributed by atoms with Gasteiger partial charge in [-0.15, -0.1) is 0 Å². The molecule has 0 aromatic heterocycles. The van der Waals surface area contributed by atoms with Crippen LogP contribution >= 0.6 is 0 Å². The summed E-state index contributed by atoms with van der Waals surface area (Å²) in [5, 5.41) is 14.2. The lowest BCUT2D eigenvalue weighted by Gasteiger charge is -2.36. The fraction of sp³-hybridized carbons (Fsp3) is 0.471. The summed E-state index contributed by atoms with van der Waals surface area (Å²) in [7, 11) is 1.73. The Bertz CT molecular complexity index is 1280. The number of rotatable bonds is 15. The van der Waals surface area contributed by atoms with Crippen LogP contribution in [0.25, 0.3) is 0 Å². The Morgan fingerprint density at radius 3 is 2.67 bits per heavy atom. The van der Waals surface area contributed by atoms with Crippen LogP contribution in [0.2, 0.25) is 0 Å². The highest BCUT2D eigenvalue weighted by Gasteiger charge is 2.34. The molecule has 0 amide bonds. The number of hydrogen-bond acceptors (Lipinski definition) is 8. The standard InChI is InChI=1S/C34H43FN2O6/c1-39-16-4-14-37-15-19-42-32-13-8-25(20-30(32)37)23-43-33-22-36-21-31(38)34(33)26-9-11-28(12-10-26)41-18-5-17-40-24-27-6-2-3-7-29(27)35/h2-3,6-13,20,31,33-34,36,38H,4-5,14-19,21-24H2,1H3/t31-,33+,34+/m1/s1. The summed E-state index contributed by atoms with van der Waals surface area (Å²) in [6, 6.07) is 20.7. The van der Waals surface area contributed by atoms with Gasteiger partial charge in [-0.25, -0.2) is 4.39 Å². The second-order valence-electron chi connectivity index (χ2n) is 11.0. The fourth-order valence-electron chi connectivity index (χ4n) is 5.65. The van der Waals surface area contributed by atoms with Crippen LogP contribution in [0.3, 0.4) is 0 Å². The quantitative estimate of drug-likeness (QED) is 0.246. The molecule has 43 heavy (non-hydrogen) atoms. The molecule has 3 atom stereocenters. The van der Waals surface area contributed by atoms with E-state index in [9.17, 15) is 9.50 Å². The van der Waals surface area contributed by atoms with Crippen LogP contribution in [-0.2, 0) is 27.4 Å². The number of aliphatic hydroxyl groups is 1. The summed E-state index contributed by atoms with van der Waals surface area (Å²) in [4.78, 5) is 2.35. The number of halogens is 1. The molecule has 1 fully saturated rings. The predicted octanol–water partition coefficient (Wildman–Crippen LogP) is 4.68. The lowest BCUT2D eigenvalue weighted by molar-refractivity contribution is -0.0328. The van der Waals surface area contributed by atoms with Crippen molar-refractivity contribution in [1.82, 2.24) is 5.32 Å². The number of methoxy groups -OCH3 is 1. The Morgan fingerprint density at radius 2 is 1.84 bits per heavy atom. The van der Waals surface area contributed by atoms with Gasteiger partial charge in [0.15, 0.2) is 0 Å². The number of ether oxygens (including phenoxy) is 5. The molecule has 0 unspecified atom stereocenters. The van der Waals surface area contributed by atoms with Crippen molar-refractivity contribution >= 4 is 5.69 Å². The first-order valence-corrected chi connectivity index (χ1v) is 15.2. The van der Waals surface area contributed by atoms with Gasteiger partial charge < -0.3 is 39.0 Å². The summed E-state index contributed by atoms with van der Waals surface area (Å²) in [6.07, 6.45) is 0.899. The van der Waals surface area contributed by atoms with Gasteiger partial charge in [0, 0.05) is 51.3 Å². The van der Waals surface area contributed by atoms with Gasteiger partial charge in [-0.05, 0) is 47.9 Å². The van der Waals surface area contributed by atoms with E-state index in [1.54, 1.807) is 25.3 Å². The molecule has 9 heteroatoms. The monoisotopic (exact) mass is 594 g/mol. The number of piperidine rings is 1. The highest BCUT2D eigenvalue weighted by Crippen LogP contribution is 2.34. The molecule has 1 saturated heterocycles. The summed E-state index contributed by atoms with van der Waals surface area (Å²) in [5.74, 6) is 1.25. The van der Waals surface area contributed by atoms with Crippen LogP contribution in [0.15, 0.2) is 66.7 Å². The van der Waals surface area contributed by atoms with Crippen molar-refractivity contribution in [2.75, 3.05) is 64.6 Å². The summed E-state index contributed by atoms with van der Waals surface area (Å²) in [6.45, 7) is 6.01. The highest BCUT2D eigenvalue weighted by atomic mass is 19.1. The average molecular weight is 595 g/mol. The van der Waals surface area contributed by atoms with Gasteiger partial charge in [0.25, 0.3) is 0 Å². The minimum atomic E-state index is -0.565. The number of nitrogens with zero attached hydrogens (tertiary/aromatic N) is 1. The molecule has 5 rings (SSSR count). The van der Waals surface area contributed by atoms with Gasteiger partial charge in [0.05, 0.1) is 50.9 Å². The van der Waals surface area contributed by atoms with Gasteiger partial charge in [-0.2, -0.15) is 0 Å². The van der Waals surface area contributed by atoms with Gasteiger partial charge in [-0.1, -0.05) is 36.4 Å². The zero-order valence-electron chi connectivity index (χ0n) is 24.9. The molecule has 2 N–H and O–H groups in total. The van der Waals surface area contributed by atoms with Gasteiger partial charge >= 0.3 is 0 Å². The lowest BCUT2D eigenvalue weighted by atomic mass is 9.85. The normalized spacial score (nSPS) is 20.0. The maximum Gasteiger partial charge on any atom is 0.142 e. The highest BCUT2D eigenvalue weighted by molar-refractivity contribution is 5.61. The molecule has 8 nitrogen and oxygen atoms in total. The van der Waals surface area contributed by atoms with Crippen molar-refractivity contribution in [3.05, 3.63) is 89.2 Å². The largest absolute Gasteiger partial charge is 0.494 e. The van der Waals surface area contributed by atoms with E-state index < -0.39 is 6.10 Å². The predicted molar refractivity (Wildman–Crippen MR) is 163 cm³/mol. The molecule has 0 radical (unpaired) electrons. The number of fused-ring (bicyclic) bond motifs is 1. The summed E-state index contributed by atoms with van der Waals surface area (Å²) < 4.78 is 42.7. The van der Waals surface area contributed by atoms with Crippen molar-refractivity contribution in [2.24, 2.45) is 0 Å². The maximum atomic E-state index is 13.7. The van der Waals surface area contributed by atoms with E-state index in [-0.39, 0.29) is 24.4 Å². The van der Waals surface area contributed by atoms with E-state index in [1.165, 1.54) is 6.07 Å². The average Bonchev–Trinajstić information content (AvgIpc) is 3.03. The van der Waals surface area contributed by atoms with E-state index in [0.29, 0.717) is 51.5 Å². The fourth-order valence-corrected chi connectivity index (χ4v) is 5.65. The van der Waals surface area contributed by atoms with Gasteiger partial charge in [0.2, 0.25) is 0 Å². The zero-order chi connectivity index (χ0) is 29.9. The molecule has 0 bridgehead atoms. The van der Waals surface area contributed by atoms with Gasteiger partial charge in [-0.3, -0.25) is 0 Å². The van der Waals surface area contributed by atoms with Crippen molar-refractivity contribution in [3.63, 3.8) is 0 Å². The molecular formula is C34H43FN2O6. The van der Waals surface area contributed by atoms with E-state index in [0.717, 1.165) is 54.4 Å². The van der Waals surface area contributed by atoms with Crippen molar-refractivity contribution in [3.8, 4) is 11.5 Å². The van der Waals surface area contributed by atoms with Crippen LogP contribution < -0.4 is 19.7 Å². The molecule has 0 spiro atoms. The molecule has 0 saturated carbocycles. The minimum absolute atomic E-state index is 0.159. The number of nitrogens with one attached hydrogen (secondary N) is 1. The van der Waals surface area contributed by atoms with Crippen molar-refractivity contribution in [1.29, 1.82) is 0 Å². The zero-order valence-corrected chi connectivity index (χ0v) is 24.9. The van der Waals surface area contributed by atoms with Crippen molar-refractivity contribution < 1.29 is 33.2 Å². The first-order valence-electron chi connectivity index (χ1n) is 15.2. The van der Waals surface area contributed by atoms with Gasteiger partial charge in [0.1, 0.15) is 23.9 Å². The van der Waals surface area contributed by atoms with Crippen LogP contribution in [0.5, 0.6) is 11.5 Å². The van der Waals surface area contributed by atoms with Crippen LogP contribution in [0.4, 0.5) is 10.1 Å². The van der Waals surface area contributed by atoms with Crippen molar-refractivity contribution in [2.45, 2.75) is 44.2 Å². The Kier molecular flexibility index (Phi) is 11.6. The number of β-amino-alcohol motifs (C(OH)–C–C–N with tert-alkyl or cyclic N) is 1. The van der Waals surface area contributed by atoms with Crippen LogP contribution in [0, 0.1) is 5.82 Å². The van der Waals surface area contributed by atoms with E-state index in [1.807, 2.05) is 30.3 Å². The van der Waals surface area contributed by atoms with E-state index >= 15 is 0 Å². The number of aliphatic hydroxyl groups excluding tert-OH is 1. The van der Waals surface area contributed by atoms with Crippen LogP contribution in [-0.4, -0.2) is 77.0 Å². The third kappa shape index (κ3) is 8.68. The first-order chi connectivity index (χ1) is 21.1. The number of anilines is 1. The Labute approximate surface area is 253 Å². The second kappa shape index (κ2) is 16.0. The SMILES string of the molecule is COCCCN1CCOc2ccc(CO[C@H]3CNC[C@@H](O)[C@@H]3c3ccc(OCCCOCc4ccccc4F)cc3)cc21. The summed E-state index contributed by atoms with van der Waals surface area (Å²) >= 11 is 0. The molecule has 3 aromatic carbocycles. The summed E-state index contributed by atoms with van der Waals surface area (Å²) in [5.41, 5.74) is 3.73. The van der Waals surface area contributed by atoms with E-state index in [2.05, 4.69) is 22.3 Å². The van der Waals surface area contributed by atoms with E-state index in [4.69, 9.17) is 23.7 Å². The second-order valence-corrected chi connectivity index (χ2v) is 11.0. The molecule has 2 heterocycles. The molecule has 3 aromatic rings. The molecule has 2 aliphatic heterocycles.